The van der Waals surface area contributed by atoms with Gasteiger partial charge in [0, 0.05) is 25.2 Å². The van der Waals surface area contributed by atoms with Crippen LogP contribution in [0.1, 0.15) is 18.4 Å². The molecule has 0 unspecified atom stereocenters. The third-order valence-electron chi connectivity index (χ3n) is 4.46. The van der Waals surface area contributed by atoms with Crippen LogP contribution in [0.5, 0.6) is 17.2 Å². The molecule has 26 heavy (non-hydrogen) atoms. The lowest BCUT2D eigenvalue weighted by Crippen LogP contribution is -2.44. The van der Waals surface area contributed by atoms with Crippen LogP contribution in [0.2, 0.25) is 0 Å². The number of hydrogen-bond acceptors (Lipinski definition) is 6. The highest BCUT2D eigenvalue weighted by molar-refractivity contribution is 7.88. The second-order valence-corrected chi connectivity index (χ2v) is 8.15. The molecule has 8 nitrogen and oxygen atoms in total. The molecule has 9 heteroatoms. The summed E-state index contributed by atoms with van der Waals surface area (Å²) in [6.07, 6.45) is 2.51. The summed E-state index contributed by atoms with van der Waals surface area (Å²) in [6, 6.07) is 3.54. The fourth-order valence-corrected chi connectivity index (χ4v) is 4.00. The van der Waals surface area contributed by atoms with Crippen molar-refractivity contribution < 1.29 is 27.4 Å². The number of amides is 1. The number of methoxy groups -OCH3 is 3. The van der Waals surface area contributed by atoms with Crippen LogP contribution < -0.4 is 19.5 Å². The summed E-state index contributed by atoms with van der Waals surface area (Å²) in [6.45, 7) is 0.928. The second kappa shape index (κ2) is 8.59. The molecule has 146 valence electrons. The summed E-state index contributed by atoms with van der Waals surface area (Å²) >= 11 is 0. The van der Waals surface area contributed by atoms with Crippen LogP contribution in [0.3, 0.4) is 0 Å². The standard InChI is InChI=1S/C17H26N2O6S/c1-23-14-8-7-12(15(24-2)16(14)25-3)10-18-17(20)13-6-5-9-19(11-13)26(4,21)22/h7-8,13H,5-6,9-11H2,1-4H3,(H,18,20)/t13-/m0/s1. The third-order valence-corrected chi connectivity index (χ3v) is 5.73. The van der Waals surface area contributed by atoms with Gasteiger partial charge < -0.3 is 19.5 Å². The first-order valence-electron chi connectivity index (χ1n) is 8.32. The van der Waals surface area contributed by atoms with Gasteiger partial charge in [-0.25, -0.2) is 12.7 Å². The monoisotopic (exact) mass is 386 g/mol. The lowest BCUT2D eigenvalue weighted by Gasteiger charge is -2.30. The lowest BCUT2D eigenvalue weighted by molar-refractivity contribution is -0.126. The second-order valence-electron chi connectivity index (χ2n) is 6.17. The van der Waals surface area contributed by atoms with Crippen LogP contribution in [0.4, 0.5) is 0 Å². The van der Waals surface area contributed by atoms with Gasteiger partial charge in [0.2, 0.25) is 21.7 Å². The Morgan fingerprint density at radius 3 is 2.46 bits per heavy atom. The quantitative estimate of drug-likeness (QED) is 0.751. The van der Waals surface area contributed by atoms with E-state index < -0.39 is 10.0 Å². The number of carbonyl (C=O) groups is 1. The first kappa shape index (κ1) is 20.3. The first-order chi connectivity index (χ1) is 12.3. The zero-order valence-electron chi connectivity index (χ0n) is 15.6. The maximum absolute atomic E-state index is 12.5. The van der Waals surface area contributed by atoms with Gasteiger partial charge in [-0.15, -0.1) is 0 Å². The molecule has 1 atom stereocenters. The molecule has 0 radical (unpaired) electrons. The highest BCUT2D eigenvalue weighted by Gasteiger charge is 2.30. The summed E-state index contributed by atoms with van der Waals surface area (Å²) in [5.41, 5.74) is 0.745. The average Bonchev–Trinajstić information content (AvgIpc) is 2.64. The molecule has 1 fully saturated rings. The van der Waals surface area contributed by atoms with E-state index in [1.165, 1.54) is 31.9 Å². The maximum atomic E-state index is 12.5. The molecule has 1 aliphatic heterocycles. The Hall–Kier alpha value is -2.00. The molecule has 0 bridgehead atoms. The normalized spacial score (nSPS) is 18.2. The largest absolute Gasteiger partial charge is 0.493 e. The van der Waals surface area contributed by atoms with Crippen molar-refractivity contribution in [3.63, 3.8) is 0 Å². The van der Waals surface area contributed by atoms with Crippen molar-refractivity contribution in [2.75, 3.05) is 40.7 Å². The summed E-state index contributed by atoms with van der Waals surface area (Å²) in [5.74, 6) is 0.964. The molecular weight excluding hydrogens is 360 g/mol. The molecule has 0 aromatic heterocycles. The fourth-order valence-electron chi connectivity index (χ4n) is 3.09. The molecule has 2 rings (SSSR count). The minimum atomic E-state index is -3.28. The van der Waals surface area contributed by atoms with Crippen molar-refractivity contribution in [1.82, 2.24) is 9.62 Å². The van der Waals surface area contributed by atoms with E-state index in [0.717, 1.165) is 5.56 Å². The van der Waals surface area contributed by atoms with Gasteiger partial charge in [-0.1, -0.05) is 0 Å². The van der Waals surface area contributed by atoms with E-state index in [2.05, 4.69) is 5.32 Å². The van der Waals surface area contributed by atoms with E-state index in [-0.39, 0.29) is 24.9 Å². The zero-order valence-corrected chi connectivity index (χ0v) is 16.4. The highest BCUT2D eigenvalue weighted by atomic mass is 32.2. The minimum absolute atomic E-state index is 0.171. The summed E-state index contributed by atoms with van der Waals surface area (Å²) in [4.78, 5) is 12.5. The van der Waals surface area contributed by atoms with Gasteiger partial charge in [0.1, 0.15) is 0 Å². The van der Waals surface area contributed by atoms with Crippen molar-refractivity contribution in [3.05, 3.63) is 17.7 Å². The minimum Gasteiger partial charge on any atom is -0.493 e. The van der Waals surface area contributed by atoms with E-state index >= 15 is 0 Å². The smallest absolute Gasteiger partial charge is 0.224 e. The number of benzene rings is 1. The Kier molecular flexibility index (Phi) is 6.71. The predicted molar refractivity (Wildman–Crippen MR) is 97.1 cm³/mol. The van der Waals surface area contributed by atoms with Crippen LogP contribution in [0, 0.1) is 5.92 Å². The molecule has 0 aliphatic carbocycles. The molecule has 1 aliphatic rings. The van der Waals surface area contributed by atoms with Gasteiger partial charge in [-0.2, -0.15) is 0 Å². The van der Waals surface area contributed by atoms with Crippen LogP contribution >= 0.6 is 0 Å². The SMILES string of the molecule is COc1ccc(CNC(=O)[C@H]2CCCN(S(C)(=O)=O)C2)c(OC)c1OC. The van der Waals surface area contributed by atoms with E-state index in [4.69, 9.17) is 14.2 Å². The number of nitrogens with zero attached hydrogens (tertiary/aromatic N) is 1. The average molecular weight is 386 g/mol. The Bertz CT molecular complexity index is 750. The van der Waals surface area contributed by atoms with Crippen molar-refractivity contribution >= 4 is 15.9 Å². The number of hydrogen-bond donors (Lipinski definition) is 1. The summed E-state index contributed by atoms with van der Waals surface area (Å²) < 4.78 is 40.7. The zero-order chi connectivity index (χ0) is 19.3. The van der Waals surface area contributed by atoms with E-state index in [9.17, 15) is 13.2 Å². The Morgan fingerprint density at radius 1 is 1.19 bits per heavy atom. The number of ether oxygens (including phenoxy) is 3. The molecule has 0 saturated carbocycles. The highest BCUT2D eigenvalue weighted by Crippen LogP contribution is 2.39. The molecule has 1 N–H and O–H groups in total. The number of carbonyl (C=O) groups excluding carboxylic acids is 1. The predicted octanol–water partition coefficient (Wildman–Crippen LogP) is 1.00. The van der Waals surface area contributed by atoms with Crippen molar-refractivity contribution in [2.24, 2.45) is 5.92 Å². The van der Waals surface area contributed by atoms with Gasteiger partial charge in [0.05, 0.1) is 33.5 Å². The van der Waals surface area contributed by atoms with E-state index in [1.54, 1.807) is 12.1 Å². The number of sulfonamides is 1. The Labute approximate surface area is 154 Å². The van der Waals surface area contributed by atoms with Gasteiger partial charge in [-0.3, -0.25) is 4.79 Å². The molecule has 1 saturated heterocycles. The van der Waals surface area contributed by atoms with Crippen molar-refractivity contribution in [3.8, 4) is 17.2 Å². The topological polar surface area (TPSA) is 94.2 Å². The van der Waals surface area contributed by atoms with Crippen LogP contribution in [0.15, 0.2) is 12.1 Å². The van der Waals surface area contributed by atoms with Crippen LogP contribution in [-0.4, -0.2) is 59.3 Å². The van der Waals surface area contributed by atoms with E-state index in [1.807, 2.05) is 0 Å². The van der Waals surface area contributed by atoms with E-state index in [0.29, 0.717) is 36.6 Å². The fraction of sp³-hybridized carbons (Fsp3) is 0.588. The number of piperidine rings is 1. The Morgan fingerprint density at radius 2 is 1.88 bits per heavy atom. The lowest BCUT2D eigenvalue weighted by atomic mass is 9.98. The third kappa shape index (κ3) is 4.59. The van der Waals surface area contributed by atoms with Crippen LogP contribution in [0.25, 0.3) is 0 Å². The van der Waals surface area contributed by atoms with Crippen molar-refractivity contribution in [2.45, 2.75) is 19.4 Å². The first-order valence-corrected chi connectivity index (χ1v) is 10.2. The van der Waals surface area contributed by atoms with Gasteiger partial charge in [0.15, 0.2) is 11.5 Å². The molecule has 1 aromatic carbocycles. The van der Waals surface area contributed by atoms with Crippen LogP contribution in [-0.2, 0) is 21.4 Å². The molecule has 1 amide bonds. The summed E-state index contributed by atoms with van der Waals surface area (Å²) in [5, 5.41) is 2.87. The van der Waals surface area contributed by atoms with Gasteiger partial charge in [-0.05, 0) is 25.0 Å². The molecular formula is C17H26N2O6S. The van der Waals surface area contributed by atoms with Crippen molar-refractivity contribution in [1.29, 1.82) is 0 Å². The number of rotatable bonds is 7. The maximum Gasteiger partial charge on any atom is 0.224 e. The Balaban J connectivity index is 2.07. The van der Waals surface area contributed by atoms with Gasteiger partial charge in [0.25, 0.3) is 0 Å². The molecule has 0 spiro atoms. The summed E-state index contributed by atoms with van der Waals surface area (Å²) in [7, 11) is 1.29. The van der Waals surface area contributed by atoms with Gasteiger partial charge >= 0.3 is 0 Å². The number of nitrogens with one attached hydrogen (secondary N) is 1. The molecule has 1 aromatic rings. The molecule has 1 heterocycles.